The Bertz CT molecular complexity index is 668. The average molecular weight is 302 g/mol. The first-order valence-electron chi connectivity index (χ1n) is 7.32. The molecular weight excluding hydrogens is 282 g/mol. The number of hydrogen-bond donors (Lipinski definition) is 1. The van der Waals surface area contributed by atoms with Gasteiger partial charge in [-0.3, -0.25) is 0 Å². The van der Waals surface area contributed by atoms with Crippen molar-refractivity contribution < 1.29 is 4.74 Å². The highest BCUT2D eigenvalue weighted by molar-refractivity contribution is 6.32. The van der Waals surface area contributed by atoms with Crippen LogP contribution in [0.5, 0.6) is 5.75 Å². The second-order valence-corrected chi connectivity index (χ2v) is 6.08. The first kappa shape index (κ1) is 14.4. The van der Waals surface area contributed by atoms with Gasteiger partial charge in [0.2, 0.25) is 0 Å². The summed E-state index contributed by atoms with van der Waals surface area (Å²) >= 11 is 6.49. The van der Waals surface area contributed by atoms with Gasteiger partial charge in [-0.25, -0.2) is 0 Å². The Morgan fingerprint density at radius 2 is 2.10 bits per heavy atom. The minimum absolute atomic E-state index is 0.0959. The lowest BCUT2D eigenvalue weighted by molar-refractivity contribution is 0.254. The van der Waals surface area contributed by atoms with E-state index in [0.717, 1.165) is 28.3 Å². The monoisotopic (exact) mass is 301 g/mol. The van der Waals surface area contributed by atoms with E-state index in [4.69, 9.17) is 16.3 Å². The Balaban J connectivity index is 2.01. The van der Waals surface area contributed by atoms with Crippen molar-refractivity contribution >= 4 is 11.6 Å². The molecule has 2 aromatic carbocycles. The third-order valence-corrected chi connectivity index (χ3v) is 4.59. The van der Waals surface area contributed by atoms with E-state index in [0.29, 0.717) is 0 Å². The zero-order valence-electron chi connectivity index (χ0n) is 12.6. The smallest absolute Gasteiger partial charge is 0.123 e. The van der Waals surface area contributed by atoms with Crippen LogP contribution in [-0.2, 0) is 6.42 Å². The second-order valence-electron chi connectivity index (χ2n) is 5.70. The summed E-state index contributed by atoms with van der Waals surface area (Å²) in [5.41, 5.74) is 4.73. The molecular formula is C18H20ClNO. The molecule has 0 bridgehead atoms. The van der Waals surface area contributed by atoms with Gasteiger partial charge in [-0.15, -0.1) is 0 Å². The number of hydrogen-bond acceptors (Lipinski definition) is 2. The molecule has 2 unspecified atom stereocenters. The largest absolute Gasteiger partial charge is 0.490 e. The fourth-order valence-corrected chi connectivity index (χ4v) is 3.25. The molecule has 21 heavy (non-hydrogen) atoms. The van der Waals surface area contributed by atoms with Crippen LogP contribution in [0.3, 0.4) is 0 Å². The van der Waals surface area contributed by atoms with Gasteiger partial charge in [0.05, 0.1) is 6.04 Å². The van der Waals surface area contributed by atoms with E-state index in [2.05, 4.69) is 42.6 Å². The Labute approximate surface area is 131 Å². The molecule has 0 aliphatic carbocycles. The third kappa shape index (κ3) is 2.66. The van der Waals surface area contributed by atoms with Gasteiger partial charge in [-0.05, 0) is 49.2 Å². The molecule has 1 heterocycles. The van der Waals surface area contributed by atoms with Gasteiger partial charge in [0.25, 0.3) is 0 Å². The number of benzene rings is 2. The molecule has 0 saturated carbocycles. The second kappa shape index (κ2) is 5.70. The molecule has 0 aromatic heterocycles. The summed E-state index contributed by atoms with van der Waals surface area (Å²) in [5, 5.41) is 4.21. The topological polar surface area (TPSA) is 21.3 Å². The van der Waals surface area contributed by atoms with Crippen molar-refractivity contribution in [3.63, 3.8) is 0 Å². The first-order chi connectivity index (χ1) is 10.1. The normalized spacial score (nSPS) is 18.2. The van der Waals surface area contributed by atoms with Gasteiger partial charge in [0, 0.05) is 11.4 Å². The number of nitrogens with one attached hydrogen (secondary N) is 1. The zero-order valence-corrected chi connectivity index (χ0v) is 13.4. The predicted octanol–water partition coefficient (Wildman–Crippen LogP) is 4.28. The molecule has 2 nitrogen and oxygen atoms in total. The van der Waals surface area contributed by atoms with E-state index in [1.165, 1.54) is 11.1 Å². The van der Waals surface area contributed by atoms with Crippen molar-refractivity contribution in [3.8, 4) is 5.75 Å². The van der Waals surface area contributed by atoms with Crippen molar-refractivity contribution in [2.24, 2.45) is 0 Å². The molecule has 0 spiro atoms. The summed E-state index contributed by atoms with van der Waals surface area (Å²) in [6, 6.07) is 12.7. The third-order valence-electron chi connectivity index (χ3n) is 4.07. The molecule has 3 heteroatoms. The van der Waals surface area contributed by atoms with Gasteiger partial charge in [0.1, 0.15) is 11.9 Å². The van der Waals surface area contributed by atoms with Gasteiger partial charge < -0.3 is 10.1 Å². The van der Waals surface area contributed by atoms with E-state index < -0.39 is 0 Å². The minimum Gasteiger partial charge on any atom is -0.490 e. The predicted molar refractivity (Wildman–Crippen MR) is 87.3 cm³/mol. The summed E-state index contributed by atoms with van der Waals surface area (Å²) in [5.74, 6) is 1.01. The summed E-state index contributed by atoms with van der Waals surface area (Å²) in [7, 11) is 1.97. The van der Waals surface area contributed by atoms with Crippen molar-refractivity contribution in [2.75, 3.05) is 7.05 Å². The minimum atomic E-state index is 0.0959. The van der Waals surface area contributed by atoms with Crippen LogP contribution in [0.25, 0.3) is 0 Å². The number of ether oxygens (including phenoxy) is 1. The maximum atomic E-state index is 6.49. The van der Waals surface area contributed by atoms with Crippen molar-refractivity contribution in [1.82, 2.24) is 5.32 Å². The summed E-state index contributed by atoms with van der Waals surface area (Å²) < 4.78 is 5.78. The van der Waals surface area contributed by atoms with Crippen LogP contribution in [0.4, 0.5) is 0 Å². The maximum absolute atomic E-state index is 6.49. The van der Waals surface area contributed by atoms with Gasteiger partial charge in [-0.2, -0.15) is 0 Å². The lowest BCUT2D eigenvalue weighted by atomic mass is 9.95. The maximum Gasteiger partial charge on any atom is 0.123 e. The van der Waals surface area contributed by atoms with E-state index >= 15 is 0 Å². The Hall–Kier alpha value is -1.51. The van der Waals surface area contributed by atoms with E-state index in [-0.39, 0.29) is 12.1 Å². The lowest BCUT2D eigenvalue weighted by Gasteiger charge is -2.20. The fraction of sp³-hybridized carbons (Fsp3) is 0.333. The van der Waals surface area contributed by atoms with Crippen molar-refractivity contribution in [3.05, 3.63) is 63.7 Å². The highest BCUT2D eigenvalue weighted by Gasteiger charge is 2.22. The van der Waals surface area contributed by atoms with Crippen LogP contribution in [0, 0.1) is 6.92 Å². The molecule has 2 aromatic rings. The molecule has 1 N–H and O–H groups in total. The quantitative estimate of drug-likeness (QED) is 0.913. The highest BCUT2D eigenvalue weighted by atomic mass is 35.5. The van der Waals surface area contributed by atoms with E-state index in [1.807, 2.05) is 20.0 Å². The summed E-state index contributed by atoms with van der Waals surface area (Å²) in [4.78, 5) is 0. The first-order valence-corrected chi connectivity index (χ1v) is 7.69. The number of rotatable bonds is 3. The van der Waals surface area contributed by atoms with Crippen LogP contribution >= 0.6 is 11.6 Å². The summed E-state index contributed by atoms with van der Waals surface area (Å²) in [6.45, 7) is 4.14. The molecule has 3 rings (SSSR count). The molecule has 0 radical (unpaired) electrons. The fourth-order valence-electron chi connectivity index (χ4n) is 3.02. The number of aryl methyl sites for hydroxylation is 1. The Morgan fingerprint density at radius 1 is 1.29 bits per heavy atom. The standard InChI is InChI=1S/C18H20ClNO/c1-11-5-4-6-15(17(11)19)18(20-3)13-7-8-16-14(10-13)9-12(2)21-16/h4-8,10,12,18,20H,9H2,1-3H3. The molecule has 2 atom stereocenters. The van der Waals surface area contributed by atoms with Crippen molar-refractivity contribution in [2.45, 2.75) is 32.4 Å². The van der Waals surface area contributed by atoms with Crippen LogP contribution < -0.4 is 10.1 Å². The molecule has 0 fully saturated rings. The highest BCUT2D eigenvalue weighted by Crippen LogP contribution is 2.35. The van der Waals surface area contributed by atoms with Crippen LogP contribution in [0.15, 0.2) is 36.4 Å². The van der Waals surface area contributed by atoms with Crippen molar-refractivity contribution in [1.29, 1.82) is 0 Å². The molecule has 110 valence electrons. The van der Waals surface area contributed by atoms with Crippen LogP contribution in [-0.4, -0.2) is 13.2 Å². The van der Waals surface area contributed by atoms with Gasteiger partial charge in [0.15, 0.2) is 0 Å². The average Bonchev–Trinajstić information content (AvgIpc) is 2.83. The van der Waals surface area contributed by atoms with Gasteiger partial charge in [-0.1, -0.05) is 41.9 Å². The van der Waals surface area contributed by atoms with Gasteiger partial charge >= 0.3 is 0 Å². The van der Waals surface area contributed by atoms with Crippen LogP contribution in [0.2, 0.25) is 5.02 Å². The Kier molecular flexibility index (Phi) is 3.92. The number of halogens is 1. The Morgan fingerprint density at radius 3 is 2.86 bits per heavy atom. The molecule has 1 aliphatic heterocycles. The lowest BCUT2D eigenvalue weighted by Crippen LogP contribution is -2.18. The summed E-state index contributed by atoms with van der Waals surface area (Å²) in [6.07, 6.45) is 1.24. The SMILES string of the molecule is CNC(c1ccc2c(c1)CC(C)O2)c1cccc(C)c1Cl. The molecule has 1 aliphatic rings. The van der Waals surface area contributed by atoms with E-state index in [1.54, 1.807) is 0 Å². The molecule has 0 saturated heterocycles. The number of fused-ring (bicyclic) bond motifs is 1. The zero-order chi connectivity index (χ0) is 15.0. The van der Waals surface area contributed by atoms with Crippen LogP contribution in [0.1, 0.15) is 35.2 Å². The molecule has 0 amide bonds. The van der Waals surface area contributed by atoms with E-state index in [9.17, 15) is 0 Å².